The molecule has 0 fully saturated rings. The molecule has 1 aromatic rings. The van der Waals surface area contributed by atoms with Crippen molar-refractivity contribution in [1.29, 1.82) is 0 Å². The molecule has 102 valence electrons. The van der Waals surface area contributed by atoms with Crippen molar-refractivity contribution >= 4 is 5.78 Å². The van der Waals surface area contributed by atoms with Crippen LogP contribution in [0.15, 0.2) is 4.42 Å². The molecule has 0 aromatic carbocycles. The first kappa shape index (κ1) is 14.9. The minimum absolute atomic E-state index is 0.00396. The zero-order valence-electron chi connectivity index (χ0n) is 12.3. The third-order valence-corrected chi connectivity index (χ3v) is 3.10. The lowest BCUT2D eigenvalue weighted by Crippen LogP contribution is -2.33. The van der Waals surface area contributed by atoms with Gasteiger partial charge in [-0.15, -0.1) is 10.2 Å². The Morgan fingerprint density at radius 2 is 1.89 bits per heavy atom. The highest BCUT2D eigenvalue weighted by molar-refractivity contribution is 5.82. The second-order valence-electron chi connectivity index (χ2n) is 6.27. The maximum Gasteiger partial charge on any atom is 0.216 e. The first-order valence-electron chi connectivity index (χ1n) is 6.53. The van der Waals surface area contributed by atoms with Crippen molar-refractivity contribution in [1.82, 2.24) is 10.2 Å². The molecule has 4 heteroatoms. The number of hydrogen-bond donors (Lipinski definition) is 0. The third kappa shape index (κ3) is 3.93. The molecule has 0 saturated heterocycles. The molecular weight excluding hydrogens is 228 g/mol. The van der Waals surface area contributed by atoms with Crippen molar-refractivity contribution in [2.24, 2.45) is 17.3 Å². The second kappa shape index (κ2) is 5.63. The van der Waals surface area contributed by atoms with E-state index in [1.807, 2.05) is 0 Å². The van der Waals surface area contributed by atoms with E-state index in [4.69, 9.17) is 4.42 Å². The quantitative estimate of drug-likeness (QED) is 0.807. The number of Topliss-reactive ketones (excluding diaryl/α,β-unsaturated/α-hetero) is 1. The van der Waals surface area contributed by atoms with Crippen LogP contribution in [0, 0.1) is 24.2 Å². The Kier molecular flexibility index (Phi) is 4.65. The van der Waals surface area contributed by atoms with Gasteiger partial charge in [-0.3, -0.25) is 4.79 Å². The van der Waals surface area contributed by atoms with Gasteiger partial charge in [0.25, 0.3) is 0 Å². The molecule has 0 amide bonds. The van der Waals surface area contributed by atoms with Crippen molar-refractivity contribution < 1.29 is 9.21 Å². The Morgan fingerprint density at radius 3 is 2.28 bits per heavy atom. The molecule has 0 aliphatic rings. The number of rotatable bonds is 5. The summed E-state index contributed by atoms with van der Waals surface area (Å²) in [6, 6.07) is 0. The first-order valence-corrected chi connectivity index (χ1v) is 6.53. The maximum atomic E-state index is 12.3. The van der Waals surface area contributed by atoms with Gasteiger partial charge in [-0.05, 0) is 11.3 Å². The van der Waals surface area contributed by atoms with Crippen LogP contribution in [0.3, 0.4) is 0 Å². The summed E-state index contributed by atoms with van der Waals surface area (Å²) in [5, 5.41) is 7.68. The van der Waals surface area contributed by atoms with Crippen LogP contribution in [-0.2, 0) is 11.2 Å². The van der Waals surface area contributed by atoms with Crippen molar-refractivity contribution in [3.05, 3.63) is 11.8 Å². The van der Waals surface area contributed by atoms with E-state index < -0.39 is 0 Å². The van der Waals surface area contributed by atoms with E-state index in [2.05, 4.69) is 44.8 Å². The minimum Gasteiger partial charge on any atom is -0.426 e. The molecule has 0 spiro atoms. The van der Waals surface area contributed by atoms with Crippen molar-refractivity contribution in [2.45, 2.75) is 54.4 Å². The lowest BCUT2D eigenvalue weighted by Gasteiger charge is -2.32. The lowest BCUT2D eigenvalue weighted by molar-refractivity contribution is -0.128. The van der Waals surface area contributed by atoms with Gasteiger partial charge >= 0.3 is 0 Å². The SMILES string of the molecule is Cc1nnc(CCC(=O)C(C(C)C)C(C)(C)C)o1. The van der Waals surface area contributed by atoms with E-state index in [1.54, 1.807) is 6.92 Å². The van der Waals surface area contributed by atoms with Gasteiger partial charge in [0.1, 0.15) is 5.78 Å². The summed E-state index contributed by atoms with van der Waals surface area (Å²) >= 11 is 0. The summed E-state index contributed by atoms with van der Waals surface area (Å²) < 4.78 is 5.29. The Bertz CT molecular complexity index is 402. The summed E-state index contributed by atoms with van der Waals surface area (Å²) in [6.07, 6.45) is 1.01. The van der Waals surface area contributed by atoms with Crippen LogP contribution < -0.4 is 0 Å². The van der Waals surface area contributed by atoms with Gasteiger partial charge in [-0.1, -0.05) is 34.6 Å². The van der Waals surface area contributed by atoms with Gasteiger partial charge in [0.2, 0.25) is 11.8 Å². The smallest absolute Gasteiger partial charge is 0.216 e. The van der Waals surface area contributed by atoms with Gasteiger partial charge in [0, 0.05) is 25.7 Å². The van der Waals surface area contributed by atoms with Crippen LogP contribution in [-0.4, -0.2) is 16.0 Å². The Hall–Kier alpha value is -1.19. The van der Waals surface area contributed by atoms with E-state index in [9.17, 15) is 4.79 Å². The second-order valence-corrected chi connectivity index (χ2v) is 6.27. The van der Waals surface area contributed by atoms with Crippen LogP contribution >= 0.6 is 0 Å². The Morgan fingerprint density at radius 1 is 1.28 bits per heavy atom. The van der Waals surface area contributed by atoms with Gasteiger partial charge < -0.3 is 4.42 Å². The van der Waals surface area contributed by atoms with Gasteiger partial charge in [-0.2, -0.15) is 0 Å². The lowest BCUT2D eigenvalue weighted by atomic mass is 9.71. The van der Waals surface area contributed by atoms with Crippen molar-refractivity contribution in [3.8, 4) is 0 Å². The molecule has 4 nitrogen and oxygen atoms in total. The average Bonchev–Trinajstić information content (AvgIpc) is 2.58. The monoisotopic (exact) mass is 252 g/mol. The van der Waals surface area contributed by atoms with E-state index in [0.717, 1.165) is 0 Å². The fourth-order valence-corrected chi connectivity index (χ4v) is 2.68. The highest BCUT2D eigenvalue weighted by Gasteiger charge is 2.33. The van der Waals surface area contributed by atoms with E-state index >= 15 is 0 Å². The molecule has 1 rings (SSSR count). The molecule has 1 unspecified atom stereocenters. The van der Waals surface area contributed by atoms with Crippen LogP contribution in [0.5, 0.6) is 0 Å². The summed E-state index contributed by atoms with van der Waals surface area (Å²) in [7, 11) is 0. The molecule has 0 N–H and O–H groups in total. The van der Waals surface area contributed by atoms with Gasteiger partial charge in [0.15, 0.2) is 0 Å². The largest absolute Gasteiger partial charge is 0.426 e. The molecule has 0 saturated carbocycles. The summed E-state index contributed by atoms with van der Waals surface area (Å²) in [5.41, 5.74) is -0.00396. The topological polar surface area (TPSA) is 56.0 Å². The van der Waals surface area contributed by atoms with E-state index in [1.165, 1.54) is 0 Å². The van der Waals surface area contributed by atoms with Crippen molar-refractivity contribution in [2.75, 3.05) is 0 Å². The standard InChI is InChI=1S/C14H24N2O2/c1-9(2)13(14(4,5)6)11(17)7-8-12-16-15-10(3)18-12/h9,13H,7-8H2,1-6H3. The molecular formula is C14H24N2O2. The molecule has 0 radical (unpaired) electrons. The van der Waals surface area contributed by atoms with Crippen LogP contribution in [0.2, 0.25) is 0 Å². The maximum absolute atomic E-state index is 12.3. The van der Waals surface area contributed by atoms with E-state index in [0.29, 0.717) is 30.5 Å². The molecule has 0 aliphatic heterocycles. The highest BCUT2D eigenvalue weighted by atomic mass is 16.4. The zero-order valence-corrected chi connectivity index (χ0v) is 12.3. The minimum atomic E-state index is -0.00396. The van der Waals surface area contributed by atoms with Crippen LogP contribution in [0.25, 0.3) is 0 Å². The van der Waals surface area contributed by atoms with Gasteiger partial charge in [0.05, 0.1) is 0 Å². The number of aryl methyl sites for hydroxylation is 2. The van der Waals surface area contributed by atoms with Crippen LogP contribution in [0.4, 0.5) is 0 Å². The summed E-state index contributed by atoms with van der Waals surface area (Å²) in [4.78, 5) is 12.3. The van der Waals surface area contributed by atoms with E-state index in [-0.39, 0.29) is 17.1 Å². The molecule has 0 aliphatic carbocycles. The summed E-state index contributed by atoms with van der Waals surface area (Å²) in [5.74, 6) is 1.81. The number of nitrogens with zero attached hydrogens (tertiary/aromatic N) is 2. The third-order valence-electron chi connectivity index (χ3n) is 3.10. The molecule has 1 heterocycles. The Labute approximate surface area is 109 Å². The van der Waals surface area contributed by atoms with Crippen molar-refractivity contribution in [3.63, 3.8) is 0 Å². The zero-order chi connectivity index (χ0) is 13.9. The number of hydrogen-bond acceptors (Lipinski definition) is 4. The first-order chi connectivity index (χ1) is 8.21. The number of aromatic nitrogens is 2. The predicted octanol–water partition coefficient (Wildman–Crippen LogP) is 3.20. The number of carbonyl (C=O) groups is 1. The Balaban J connectivity index is 2.63. The normalized spacial score (nSPS) is 13.9. The fourth-order valence-electron chi connectivity index (χ4n) is 2.68. The molecule has 1 aromatic heterocycles. The summed E-state index contributed by atoms with van der Waals surface area (Å²) in [6.45, 7) is 12.3. The molecule has 0 bridgehead atoms. The molecule has 18 heavy (non-hydrogen) atoms. The number of carbonyl (C=O) groups excluding carboxylic acids is 1. The number of ketones is 1. The van der Waals surface area contributed by atoms with Crippen LogP contribution in [0.1, 0.15) is 52.8 Å². The van der Waals surface area contributed by atoms with Gasteiger partial charge in [-0.25, -0.2) is 0 Å². The molecule has 1 atom stereocenters. The highest BCUT2D eigenvalue weighted by Crippen LogP contribution is 2.33. The predicted molar refractivity (Wildman–Crippen MR) is 70.1 cm³/mol. The fraction of sp³-hybridized carbons (Fsp3) is 0.786. The average molecular weight is 252 g/mol.